The van der Waals surface area contributed by atoms with E-state index >= 15 is 0 Å². The molecule has 0 amide bonds. The summed E-state index contributed by atoms with van der Waals surface area (Å²) in [5.74, 6) is 0.275. The predicted octanol–water partition coefficient (Wildman–Crippen LogP) is 5.01. The average molecular weight is 379 g/mol. The monoisotopic (exact) mass is 379 g/mol. The van der Waals surface area contributed by atoms with Crippen LogP contribution in [0.25, 0.3) is 10.8 Å². The third kappa shape index (κ3) is 3.10. The second-order valence-corrected chi connectivity index (χ2v) is 7.47. The van der Waals surface area contributed by atoms with E-state index in [0.717, 1.165) is 29.3 Å². The van der Waals surface area contributed by atoms with Crippen LogP contribution in [0.15, 0.2) is 84.9 Å². The van der Waals surface area contributed by atoms with Crippen molar-refractivity contribution in [3.8, 4) is 5.75 Å². The van der Waals surface area contributed by atoms with Crippen molar-refractivity contribution in [2.24, 2.45) is 0 Å². The van der Waals surface area contributed by atoms with Gasteiger partial charge in [-0.1, -0.05) is 72.8 Å². The van der Waals surface area contributed by atoms with Crippen molar-refractivity contribution in [1.29, 1.82) is 0 Å². The molecule has 3 heteroatoms. The minimum atomic E-state index is -0.0701. The highest BCUT2D eigenvalue weighted by Gasteiger charge is 2.25. The maximum Gasteiger partial charge on any atom is 0.193 e. The summed E-state index contributed by atoms with van der Waals surface area (Å²) in [6.07, 6.45) is 0.980. The lowest BCUT2D eigenvalue weighted by Crippen LogP contribution is -2.30. The van der Waals surface area contributed by atoms with E-state index in [2.05, 4.69) is 23.5 Å². The van der Waals surface area contributed by atoms with E-state index in [1.54, 1.807) is 6.07 Å². The van der Waals surface area contributed by atoms with Crippen molar-refractivity contribution < 1.29 is 9.90 Å². The Morgan fingerprint density at radius 2 is 1.66 bits per heavy atom. The van der Waals surface area contributed by atoms with Crippen molar-refractivity contribution in [2.45, 2.75) is 12.5 Å². The van der Waals surface area contributed by atoms with Crippen LogP contribution < -0.4 is 5.32 Å². The lowest BCUT2D eigenvalue weighted by molar-refractivity contribution is 0.103. The maximum absolute atomic E-state index is 12.8. The topological polar surface area (TPSA) is 49.3 Å². The van der Waals surface area contributed by atoms with Crippen LogP contribution in [-0.2, 0) is 6.42 Å². The Morgan fingerprint density at radius 1 is 0.862 bits per heavy atom. The first-order valence-corrected chi connectivity index (χ1v) is 9.89. The molecule has 0 radical (unpaired) electrons. The van der Waals surface area contributed by atoms with Crippen LogP contribution in [0.3, 0.4) is 0 Å². The van der Waals surface area contributed by atoms with Gasteiger partial charge in [-0.15, -0.1) is 0 Å². The van der Waals surface area contributed by atoms with Gasteiger partial charge in [-0.05, 0) is 40.5 Å². The molecule has 0 spiro atoms. The summed E-state index contributed by atoms with van der Waals surface area (Å²) in [5.41, 5.74) is 4.70. The maximum atomic E-state index is 12.8. The number of ketones is 1. The molecule has 4 aromatic carbocycles. The highest BCUT2D eigenvalue weighted by molar-refractivity contribution is 6.10. The van der Waals surface area contributed by atoms with Crippen molar-refractivity contribution >= 4 is 16.6 Å². The molecule has 0 aromatic heterocycles. The first kappa shape index (κ1) is 17.7. The summed E-state index contributed by atoms with van der Waals surface area (Å²) in [6.45, 7) is 0.863. The van der Waals surface area contributed by atoms with Gasteiger partial charge in [0.2, 0.25) is 0 Å². The lowest BCUT2D eigenvalue weighted by Gasteiger charge is -2.28. The third-order valence-corrected chi connectivity index (χ3v) is 5.73. The van der Waals surface area contributed by atoms with Gasteiger partial charge >= 0.3 is 0 Å². The summed E-state index contributed by atoms with van der Waals surface area (Å²) in [6, 6.07) is 27.0. The molecule has 29 heavy (non-hydrogen) atoms. The summed E-state index contributed by atoms with van der Waals surface area (Å²) in [5, 5.41) is 16.2. The van der Waals surface area contributed by atoms with Crippen molar-refractivity contribution in [1.82, 2.24) is 5.32 Å². The van der Waals surface area contributed by atoms with Gasteiger partial charge < -0.3 is 10.4 Å². The number of rotatable bonds is 3. The highest BCUT2D eigenvalue weighted by Crippen LogP contribution is 2.38. The van der Waals surface area contributed by atoms with E-state index in [-0.39, 0.29) is 17.6 Å². The molecular weight excluding hydrogens is 358 g/mol. The van der Waals surface area contributed by atoms with Gasteiger partial charge in [0.1, 0.15) is 5.75 Å². The summed E-state index contributed by atoms with van der Waals surface area (Å²) in [7, 11) is 0. The van der Waals surface area contributed by atoms with Crippen molar-refractivity contribution in [2.75, 3.05) is 6.54 Å². The molecule has 3 nitrogen and oxygen atoms in total. The molecule has 4 aromatic rings. The van der Waals surface area contributed by atoms with Gasteiger partial charge in [0.15, 0.2) is 5.78 Å². The molecule has 1 aliphatic rings. The minimum Gasteiger partial charge on any atom is -0.508 e. The number of fused-ring (bicyclic) bond motifs is 2. The molecule has 0 bridgehead atoms. The molecule has 1 aliphatic heterocycles. The van der Waals surface area contributed by atoms with Gasteiger partial charge in [0.25, 0.3) is 0 Å². The largest absolute Gasteiger partial charge is 0.508 e. The molecule has 1 atom stereocenters. The Morgan fingerprint density at radius 3 is 2.52 bits per heavy atom. The number of hydrogen-bond acceptors (Lipinski definition) is 3. The van der Waals surface area contributed by atoms with E-state index in [0.29, 0.717) is 11.1 Å². The molecule has 0 aliphatic carbocycles. The van der Waals surface area contributed by atoms with E-state index in [9.17, 15) is 9.90 Å². The van der Waals surface area contributed by atoms with Gasteiger partial charge in [-0.2, -0.15) is 0 Å². The molecule has 5 rings (SSSR count). The van der Waals surface area contributed by atoms with E-state index < -0.39 is 0 Å². The molecule has 2 N–H and O–H groups in total. The van der Waals surface area contributed by atoms with Crippen LogP contribution in [0.5, 0.6) is 5.75 Å². The van der Waals surface area contributed by atoms with E-state index in [1.807, 2.05) is 60.7 Å². The first-order valence-electron chi connectivity index (χ1n) is 9.89. The van der Waals surface area contributed by atoms with Crippen LogP contribution in [0.2, 0.25) is 0 Å². The van der Waals surface area contributed by atoms with Crippen molar-refractivity contribution in [3.05, 3.63) is 113 Å². The Balaban J connectivity index is 1.63. The van der Waals surface area contributed by atoms with Gasteiger partial charge in [-0.3, -0.25) is 4.79 Å². The summed E-state index contributed by atoms with van der Waals surface area (Å²) < 4.78 is 0. The van der Waals surface area contributed by atoms with Crippen LogP contribution in [-0.4, -0.2) is 17.4 Å². The number of phenolic OH excluding ortho intramolecular Hbond substituents is 1. The fourth-order valence-electron chi connectivity index (χ4n) is 4.31. The molecule has 1 heterocycles. The Hall–Kier alpha value is -3.43. The molecule has 0 saturated carbocycles. The average Bonchev–Trinajstić information content (AvgIpc) is 2.78. The SMILES string of the molecule is O=C(c1ccccc1)c1ccc2c(C3NCCc4ccccc43)c(O)ccc2c1. The molecule has 0 fully saturated rings. The Labute approximate surface area is 169 Å². The Bertz CT molecular complexity index is 1210. The predicted molar refractivity (Wildman–Crippen MR) is 115 cm³/mol. The normalized spacial score (nSPS) is 15.8. The lowest BCUT2D eigenvalue weighted by atomic mass is 9.86. The number of benzene rings is 4. The number of carbonyl (C=O) groups excluding carboxylic acids is 1. The Kier molecular flexibility index (Phi) is 4.38. The second kappa shape index (κ2) is 7.19. The smallest absolute Gasteiger partial charge is 0.193 e. The van der Waals surface area contributed by atoms with Gasteiger partial charge in [-0.25, -0.2) is 0 Å². The van der Waals surface area contributed by atoms with E-state index in [4.69, 9.17) is 0 Å². The van der Waals surface area contributed by atoms with Crippen LogP contribution in [0.1, 0.15) is 38.7 Å². The standard InChI is InChI=1S/C26H21NO2/c28-23-13-11-19-16-20(26(29)18-7-2-1-3-8-18)10-12-21(19)24(23)25-22-9-5-4-6-17(22)14-15-27-25/h1-13,16,25,27-28H,14-15H2. The summed E-state index contributed by atoms with van der Waals surface area (Å²) >= 11 is 0. The zero-order valence-electron chi connectivity index (χ0n) is 15.9. The number of phenols is 1. The first-order chi connectivity index (χ1) is 14.2. The highest BCUT2D eigenvalue weighted by atomic mass is 16.3. The van der Waals surface area contributed by atoms with Crippen LogP contribution >= 0.6 is 0 Å². The molecule has 142 valence electrons. The number of aromatic hydroxyl groups is 1. The molecule has 0 saturated heterocycles. The number of hydrogen-bond donors (Lipinski definition) is 2. The zero-order valence-corrected chi connectivity index (χ0v) is 15.9. The van der Waals surface area contributed by atoms with Gasteiger partial charge in [0.05, 0.1) is 6.04 Å². The quantitative estimate of drug-likeness (QED) is 0.492. The van der Waals surface area contributed by atoms with E-state index in [1.165, 1.54) is 11.1 Å². The van der Waals surface area contributed by atoms with Crippen LogP contribution in [0, 0.1) is 0 Å². The zero-order chi connectivity index (χ0) is 19.8. The third-order valence-electron chi connectivity index (χ3n) is 5.73. The van der Waals surface area contributed by atoms with Crippen molar-refractivity contribution in [3.63, 3.8) is 0 Å². The fraction of sp³-hybridized carbons (Fsp3) is 0.115. The van der Waals surface area contributed by atoms with Crippen LogP contribution in [0.4, 0.5) is 0 Å². The second-order valence-electron chi connectivity index (χ2n) is 7.47. The molecular formula is C26H21NO2. The summed E-state index contributed by atoms with van der Waals surface area (Å²) in [4.78, 5) is 12.8. The van der Waals surface area contributed by atoms with Gasteiger partial charge in [0, 0.05) is 23.2 Å². The molecule has 1 unspecified atom stereocenters. The fourth-order valence-corrected chi connectivity index (χ4v) is 4.31. The number of nitrogens with one attached hydrogen (secondary N) is 1. The minimum absolute atomic E-state index is 0.00302. The number of carbonyl (C=O) groups is 1.